The number of hydrogen-bond acceptors (Lipinski definition) is 4. The zero-order chi connectivity index (χ0) is 15.6. The third kappa shape index (κ3) is 3.19. The van der Waals surface area contributed by atoms with E-state index >= 15 is 0 Å². The monoisotopic (exact) mass is 330 g/mol. The van der Waals surface area contributed by atoms with Crippen LogP contribution in [0.25, 0.3) is 0 Å². The minimum Gasteiger partial charge on any atom is -0.341 e. The van der Waals surface area contributed by atoms with Gasteiger partial charge in [-0.05, 0) is 42.3 Å². The number of carbonyl (C=O) groups is 1. The van der Waals surface area contributed by atoms with E-state index in [1.54, 1.807) is 6.20 Å². The van der Waals surface area contributed by atoms with Crippen molar-refractivity contribution >= 4 is 17.2 Å². The van der Waals surface area contributed by atoms with Gasteiger partial charge < -0.3 is 4.90 Å². The topological polar surface area (TPSA) is 52.2 Å². The average Bonchev–Trinajstić information content (AvgIpc) is 3.26. The molecule has 5 nitrogen and oxygen atoms in total. The number of piperidine rings is 1. The van der Waals surface area contributed by atoms with E-state index in [0.29, 0.717) is 12.5 Å². The molecule has 0 spiro atoms. The fourth-order valence-corrected chi connectivity index (χ4v) is 4.57. The number of hydrogen-bond donors (Lipinski definition) is 1. The smallest absolute Gasteiger partial charge is 0.236 e. The lowest BCUT2D eigenvalue weighted by Crippen LogP contribution is -2.45. The van der Waals surface area contributed by atoms with E-state index in [0.717, 1.165) is 51.1 Å². The van der Waals surface area contributed by atoms with Gasteiger partial charge in [0.2, 0.25) is 5.91 Å². The van der Waals surface area contributed by atoms with Crippen LogP contribution in [0.2, 0.25) is 0 Å². The maximum Gasteiger partial charge on any atom is 0.236 e. The number of thiophene rings is 1. The number of amides is 1. The Morgan fingerprint density at radius 2 is 2.35 bits per heavy atom. The highest BCUT2D eigenvalue weighted by Gasteiger charge is 2.27. The molecule has 0 aromatic carbocycles. The summed E-state index contributed by atoms with van der Waals surface area (Å²) in [4.78, 5) is 18.5. The van der Waals surface area contributed by atoms with E-state index in [2.05, 4.69) is 26.5 Å². The fraction of sp³-hybridized carbons (Fsp3) is 0.529. The first-order valence-electron chi connectivity index (χ1n) is 8.34. The Balaban J connectivity index is 1.36. The molecule has 23 heavy (non-hydrogen) atoms. The summed E-state index contributed by atoms with van der Waals surface area (Å²) in [6, 6.07) is 4.23. The molecule has 2 aliphatic rings. The summed E-state index contributed by atoms with van der Waals surface area (Å²) in [6.45, 7) is 4.17. The maximum absolute atomic E-state index is 12.7. The summed E-state index contributed by atoms with van der Waals surface area (Å²) in [5, 5.41) is 9.26. The number of rotatable bonds is 3. The van der Waals surface area contributed by atoms with Crippen molar-refractivity contribution in [2.24, 2.45) is 0 Å². The van der Waals surface area contributed by atoms with Gasteiger partial charge in [0.1, 0.15) is 0 Å². The van der Waals surface area contributed by atoms with Crippen LogP contribution in [0.4, 0.5) is 0 Å². The van der Waals surface area contributed by atoms with E-state index in [9.17, 15) is 4.79 Å². The summed E-state index contributed by atoms with van der Waals surface area (Å²) in [5.41, 5.74) is 2.56. The number of nitrogens with one attached hydrogen (secondary N) is 1. The van der Waals surface area contributed by atoms with Crippen LogP contribution in [-0.4, -0.2) is 52.1 Å². The summed E-state index contributed by atoms with van der Waals surface area (Å²) in [5.74, 6) is 0.674. The number of nitrogens with zero attached hydrogens (tertiary/aromatic N) is 3. The number of aromatic amines is 1. The Morgan fingerprint density at radius 3 is 3.22 bits per heavy atom. The first-order valence-corrected chi connectivity index (χ1v) is 9.22. The predicted octanol–water partition coefficient (Wildman–Crippen LogP) is 2.24. The van der Waals surface area contributed by atoms with E-state index in [4.69, 9.17) is 0 Å². The van der Waals surface area contributed by atoms with Crippen molar-refractivity contribution in [2.45, 2.75) is 31.7 Å². The van der Waals surface area contributed by atoms with Crippen LogP contribution in [0.1, 0.15) is 34.9 Å². The Hall–Kier alpha value is -1.66. The van der Waals surface area contributed by atoms with E-state index in [1.807, 2.05) is 22.3 Å². The van der Waals surface area contributed by atoms with Crippen LogP contribution >= 0.6 is 11.3 Å². The minimum absolute atomic E-state index is 0.271. The lowest BCUT2D eigenvalue weighted by molar-refractivity contribution is -0.133. The Morgan fingerprint density at radius 1 is 1.39 bits per heavy atom. The van der Waals surface area contributed by atoms with Crippen LogP contribution in [0.3, 0.4) is 0 Å². The van der Waals surface area contributed by atoms with Gasteiger partial charge in [0, 0.05) is 48.9 Å². The number of carbonyl (C=O) groups excluding carboxylic acids is 1. The number of likely N-dealkylation sites (tertiary alicyclic amines) is 1. The number of aromatic nitrogens is 2. The molecule has 0 unspecified atom stereocenters. The molecule has 1 atom stereocenters. The SMILES string of the molecule is O=C(CN1CCc2sccc2C1)N1CCC[C@@H](c2ccn[nH]2)C1. The van der Waals surface area contributed by atoms with E-state index < -0.39 is 0 Å². The van der Waals surface area contributed by atoms with Crippen LogP contribution in [-0.2, 0) is 17.8 Å². The molecular weight excluding hydrogens is 308 g/mol. The predicted molar refractivity (Wildman–Crippen MR) is 90.4 cm³/mol. The Kier molecular flexibility index (Phi) is 4.18. The first-order chi connectivity index (χ1) is 11.3. The maximum atomic E-state index is 12.7. The molecule has 0 radical (unpaired) electrons. The van der Waals surface area contributed by atoms with Crippen molar-refractivity contribution in [2.75, 3.05) is 26.2 Å². The number of fused-ring (bicyclic) bond motifs is 1. The van der Waals surface area contributed by atoms with E-state index in [-0.39, 0.29) is 5.91 Å². The second-order valence-corrected chi connectivity index (χ2v) is 7.52. The fourth-order valence-electron chi connectivity index (χ4n) is 3.68. The molecule has 4 heterocycles. The highest BCUT2D eigenvalue weighted by molar-refractivity contribution is 7.10. The van der Waals surface area contributed by atoms with Crippen molar-refractivity contribution in [3.63, 3.8) is 0 Å². The lowest BCUT2D eigenvalue weighted by Gasteiger charge is -2.34. The summed E-state index contributed by atoms with van der Waals surface area (Å²) >= 11 is 1.84. The molecule has 1 fully saturated rings. The quantitative estimate of drug-likeness (QED) is 0.939. The highest BCUT2D eigenvalue weighted by atomic mass is 32.1. The van der Waals surface area contributed by atoms with Gasteiger partial charge >= 0.3 is 0 Å². The zero-order valence-electron chi connectivity index (χ0n) is 13.2. The molecule has 0 bridgehead atoms. The first kappa shape index (κ1) is 14.9. The second kappa shape index (κ2) is 6.45. The van der Waals surface area contributed by atoms with Gasteiger partial charge in [-0.1, -0.05) is 0 Å². The Bertz CT molecular complexity index is 666. The summed E-state index contributed by atoms with van der Waals surface area (Å²) in [6.07, 6.45) is 5.08. The molecule has 0 saturated carbocycles. The molecular formula is C17H22N4OS. The Labute approximate surface area is 140 Å². The summed E-state index contributed by atoms with van der Waals surface area (Å²) in [7, 11) is 0. The van der Waals surface area contributed by atoms with E-state index in [1.165, 1.54) is 10.4 Å². The molecule has 1 amide bonds. The molecule has 0 aliphatic carbocycles. The molecule has 1 saturated heterocycles. The van der Waals surface area contributed by atoms with Crippen LogP contribution < -0.4 is 0 Å². The van der Waals surface area contributed by atoms with Gasteiger partial charge in [-0.25, -0.2) is 0 Å². The van der Waals surface area contributed by atoms with Crippen molar-refractivity contribution in [3.8, 4) is 0 Å². The molecule has 2 aromatic heterocycles. The number of H-pyrrole nitrogens is 1. The van der Waals surface area contributed by atoms with Crippen LogP contribution in [0.5, 0.6) is 0 Å². The van der Waals surface area contributed by atoms with Crippen molar-refractivity contribution in [3.05, 3.63) is 39.8 Å². The standard InChI is InChI=1S/C17H22N4OS/c22-17(12-20-8-4-16-14(10-20)5-9-23-16)21-7-1-2-13(11-21)15-3-6-18-19-15/h3,5-6,9,13H,1-2,4,7-8,10-12H2,(H,18,19)/t13-/m1/s1. The zero-order valence-corrected chi connectivity index (χ0v) is 14.0. The van der Waals surface area contributed by atoms with Gasteiger partial charge in [-0.2, -0.15) is 5.10 Å². The molecule has 1 N–H and O–H groups in total. The largest absolute Gasteiger partial charge is 0.341 e. The molecule has 4 rings (SSSR count). The van der Waals surface area contributed by atoms with Gasteiger partial charge in [0.25, 0.3) is 0 Å². The van der Waals surface area contributed by atoms with Gasteiger partial charge in [-0.3, -0.25) is 14.8 Å². The van der Waals surface area contributed by atoms with Crippen molar-refractivity contribution in [1.29, 1.82) is 0 Å². The van der Waals surface area contributed by atoms with Crippen molar-refractivity contribution < 1.29 is 4.79 Å². The van der Waals surface area contributed by atoms with Gasteiger partial charge in [0.05, 0.1) is 6.54 Å². The molecule has 2 aliphatic heterocycles. The third-order valence-corrected chi connectivity index (χ3v) is 6.00. The third-order valence-electron chi connectivity index (χ3n) is 4.98. The van der Waals surface area contributed by atoms with Crippen LogP contribution in [0.15, 0.2) is 23.7 Å². The highest BCUT2D eigenvalue weighted by Crippen LogP contribution is 2.26. The van der Waals surface area contributed by atoms with Crippen LogP contribution in [0, 0.1) is 0 Å². The van der Waals surface area contributed by atoms with Crippen molar-refractivity contribution in [1.82, 2.24) is 20.0 Å². The van der Waals surface area contributed by atoms with Gasteiger partial charge in [-0.15, -0.1) is 11.3 Å². The second-order valence-electron chi connectivity index (χ2n) is 6.52. The molecule has 6 heteroatoms. The van der Waals surface area contributed by atoms with Gasteiger partial charge in [0.15, 0.2) is 0 Å². The minimum atomic E-state index is 0.271. The average molecular weight is 330 g/mol. The molecule has 122 valence electrons. The molecule has 2 aromatic rings. The normalized spacial score (nSPS) is 22.1. The summed E-state index contributed by atoms with van der Waals surface area (Å²) < 4.78 is 0. The lowest BCUT2D eigenvalue weighted by atomic mass is 9.95.